The molecule has 108 valence electrons. The van der Waals surface area contributed by atoms with Crippen molar-refractivity contribution in [1.82, 2.24) is 5.32 Å². The smallest absolute Gasteiger partial charge is 0.00701 e. The average molecular weight is 269 g/mol. The molecule has 0 aliphatic heterocycles. The van der Waals surface area contributed by atoms with Crippen LogP contribution in [0.25, 0.3) is 10.8 Å². The van der Waals surface area contributed by atoms with Gasteiger partial charge >= 0.3 is 0 Å². The number of rotatable bonds is 8. The molecule has 0 aliphatic carbocycles. The molecule has 0 fully saturated rings. The van der Waals surface area contributed by atoms with Crippen molar-refractivity contribution >= 4 is 10.8 Å². The van der Waals surface area contributed by atoms with Crippen molar-refractivity contribution in [3.8, 4) is 0 Å². The van der Waals surface area contributed by atoms with Crippen molar-refractivity contribution in [3.63, 3.8) is 0 Å². The van der Waals surface area contributed by atoms with Gasteiger partial charge in [0.2, 0.25) is 0 Å². The minimum atomic E-state index is 0.666. The largest absolute Gasteiger partial charge is 0.314 e. The van der Waals surface area contributed by atoms with E-state index in [9.17, 15) is 0 Å². The molecule has 1 heteroatoms. The zero-order valence-corrected chi connectivity index (χ0v) is 12.9. The minimum Gasteiger partial charge on any atom is -0.314 e. The van der Waals surface area contributed by atoms with E-state index in [2.05, 4.69) is 61.6 Å². The molecule has 0 aromatic heterocycles. The van der Waals surface area contributed by atoms with E-state index in [1.165, 1.54) is 48.4 Å². The number of fused-ring (bicyclic) bond motifs is 1. The number of aryl methyl sites for hydroxylation is 1. The highest BCUT2D eigenvalue weighted by molar-refractivity contribution is 5.85. The van der Waals surface area contributed by atoms with Crippen molar-refractivity contribution in [2.45, 2.75) is 52.0 Å². The Morgan fingerprint density at radius 1 is 0.900 bits per heavy atom. The Hall–Kier alpha value is -1.34. The van der Waals surface area contributed by atoms with E-state index < -0.39 is 0 Å². The Labute approximate surface area is 123 Å². The lowest BCUT2D eigenvalue weighted by atomic mass is 9.97. The van der Waals surface area contributed by atoms with Crippen LogP contribution < -0.4 is 5.32 Å². The van der Waals surface area contributed by atoms with Gasteiger partial charge in [-0.15, -0.1) is 0 Å². The van der Waals surface area contributed by atoms with E-state index in [1.807, 2.05) is 0 Å². The molecule has 0 bridgehead atoms. The average Bonchev–Trinajstić information content (AvgIpc) is 2.50. The molecular formula is C19H27N. The molecule has 1 nitrogen and oxygen atoms in total. The third kappa shape index (κ3) is 4.08. The maximum Gasteiger partial charge on any atom is 0.00701 e. The van der Waals surface area contributed by atoms with Gasteiger partial charge in [0, 0.05) is 6.04 Å². The molecule has 1 unspecified atom stereocenters. The number of hydrogen-bond donors (Lipinski definition) is 1. The molecular weight excluding hydrogens is 242 g/mol. The summed E-state index contributed by atoms with van der Waals surface area (Å²) in [6.45, 7) is 5.65. The monoisotopic (exact) mass is 269 g/mol. The molecule has 2 aromatic rings. The first-order valence-corrected chi connectivity index (χ1v) is 8.05. The van der Waals surface area contributed by atoms with Crippen LogP contribution in [0, 0.1) is 0 Å². The third-order valence-electron chi connectivity index (χ3n) is 3.96. The van der Waals surface area contributed by atoms with Gasteiger partial charge in [0.1, 0.15) is 0 Å². The van der Waals surface area contributed by atoms with E-state index in [1.54, 1.807) is 0 Å². The lowest BCUT2D eigenvalue weighted by Gasteiger charge is -2.18. The minimum absolute atomic E-state index is 0.666. The second-order valence-electron chi connectivity index (χ2n) is 5.62. The van der Waals surface area contributed by atoms with Crippen LogP contribution in [0.15, 0.2) is 42.5 Å². The van der Waals surface area contributed by atoms with Gasteiger partial charge < -0.3 is 5.32 Å². The van der Waals surface area contributed by atoms with Gasteiger partial charge in [0.25, 0.3) is 0 Å². The first-order valence-electron chi connectivity index (χ1n) is 8.05. The van der Waals surface area contributed by atoms with E-state index in [0.29, 0.717) is 6.04 Å². The fraction of sp³-hybridized carbons (Fsp3) is 0.474. The van der Waals surface area contributed by atoms with Gasteiger partial charge in [-0.2, -0.15) is 0 Å². The van der Waals surface area contributed by atoms with Gasteiger partial charge in [0.15, 0.2) is 0 Å². The Morgan fingerprint density at radius 2 is 1.70 bits per heavy atom. The normalized spacial score (nSPS) is 12.7. The quantitative estimate of drug-likeness (QED) is 0.715. The van der Waals surface area contributed by atoms with Crippen molar-refractivity contribution in [1.29, 1.82) is 0 Å². The van der Waals surface area contributed by atoms with Gasteiger partial charge in [-0.3, -0.25) is 0 Å². The summed E-state index contributed by atoms with van der Waals surface area (Å²) in [6.07, 6.45) is 6.17. The van der Waals surface area contributed by atoms with Gasteiger partial charge in [-0.05, 0) is 48.6 Å². The topological polar surface area (TPSA) is 12.0 Å². The Balaban J connectivity index is 2.03. The molecule has 2 rings (SSSR count). The first-order chi connectivity index (χ1) is 9.85. The summed E-state index contributed by atoms with van der Waals surface area (Å²) in [5, 5.41) is 6.47. The van der Waals surface area contributed by atoms with E-state index in [4.69, 9.17) is 0 Å². The molecule has 0 heterocycles. The van der Waals surface area contributed by atoms with Crippen LogP contribution in [0.2, 0.25) is 0 Å². The number of hydrogen-bond acceptors (Lipinski definition) is 1. The molecule has 0 saturated carbocycles. The highest BCUT2D eigenvalue weighted by Crippen LogP contribution is 2.20. The van der Waals surface area contributed by atoms with Gasteiger partial charge in [-0.1, -0.05) is 62.7 Å². The van der Waals surface area contributed by atoms with Crippen molar-refractivity contribution in [2.24, 2.45) is 0 Å². The lowest BCUT2D eigenvalue weighted by molar-refractivity contribution is 0.449. The second kappa shape index (κ2) is 8.06. The molecule has 2 aromatic carbocycles. The molecule has 0 aliphatic rings. The van der Waals surface area contributed by atoms with E-state index in [-0.39, 0.29) is 0 Å². The molecule has 1 atom stereocenters. The molecule has 20 heavy (non-hydrogen) atoms. The number of nitrogens with one attached hydrogen (secondary N) is 1. The zero-order valence-electron chi connectivity index (χ0n) is 12.9. The summed E-state index contributed by atoms with van der Waals surface area (Å²) in [4.78, 5) is 0. The molecule has 0 radical (unpaired) electrons. The summed E-state index contributed by atoms with van der Waals surface area (Å²) >= 11 is 0. The maximum absolute atomic E-state index is 3.69. The van der Waals surface area contributed by atoms with Crippen LogP contribution in [0.3, 0.4) is 0 Å². The van der Waals surface area contributed by atoms with Gasteiger partial charge in [0.05, 0.1) is 0 Å². The van der Waals surface area contributed by atoms with Crippen LogP contribution in [-0.4, -0.2) is 12.6 Å². The number of benzene rings is 2. The summed E-state index contributed by atoms with van der Waals surface area (Å²) < 4.78 is 0. The van der Waals surface area contributed by atoms with Crippen LogP contribution in [0.5, 0.6) is 0 Å². The van der Waals surface area contributed by atoms with Crippen LogP contribution >= 0.6 is 0 Å². The lowest BCUT2D eigenvalue weighted by Crippen LogP contribution is -2.30. The third-order valence-corrected chi connectivity index (χ3v) is 3.96. The molecule has 0 spiro atoms. The summed E-state index contributed by atoms with van der Waals surface area (Å²) in [5.41, 5.74) is 1.49. The van der Waals surface area contributed by atoms with E-state index in [0.717, 1.165) is 6.54 Å². The summed E-state index contributed by atoms with van der Waals surface area (Å²) in [6, 6.07) is 16.1. The Morgan fingerprint density at radius 3 is 2.50 bits per heavy atom. The maximum atomic E-state index is 3.69. The summed E-state index contributed by atoms with van der Waals surface area (Å²) in [5.74, 6) is 0. The first kappa shape index (κ1) is 15.1. The predicted molar refractivity (Wildman–Crippen MR) is 89.3 cm³/mol. The highest BCUT2D eigenvalue weighted by atomic mass is 14.9. The van der Waals surface area contributed by atoms with E-state index >= 15 is 0 Å². The standard InChI is InChI=1S/C19H27N/c1-3-8-18(20-15-4-2)14-13-17-11-7-10-16-9-5-6-12-19(16)17/h5-7,9-12,18,20H,3-4,8,13-15H2,1-2H3. The van der Waals surface area contributed by atoms with Crippen molar-refractivity contribution in [3.05, 3.63) is 48.0 Å². The Kier molecular flexibility index (Phi) is 6.07. The van der Waals surface area contributed by atoms with Crippen molar-refractivity contribution in [2.75, 3.05) is 6.54 Å². The SMILES string of the molecule is CCCNC(CCC)CCc1cccc2ccccc12. The molecule has 0 saturated heterocycles. The van der Waals surface area contributed by atoms with Crippen LogP contribution in [-0.2, 0) is 6.42 Å². The Bertz CT molecular complexity index is 513. The highest BCUT2D eigenvalue weighted by Gasteiger charge is 2.08. The fourth-order valence-corrected chi connectivity index (χ4v) is 2.89. The molecule has 0 amide bonds. The van der Waals surface area contributed by atoms with Crippen LogP contribution in [0.4, 0.5) is 0 Å². The van der Waals surface area contributed by atoms with Crippen molar-refractivity contribution < 1.29 is 0 Å². The molecule has 1 N–H and O–H groups in total. The van der Waals surface area contributed by atoms with Crippen LogP contribution in [0.1, 0.15) is 45.1 Å². The second-order valence-corrected chi connectivity index (χ2v) is 5.62. The zero-order chi connectivity index (χ0) is 14.2. The fourth-order valence-electron chi connectivity index (χ4n) is 2.89. The van der Waals surface area contributed by atoms with Gasteiger partial charge in [-0.25, -0.2) is 0 Å². The predicted octanol–water partition coefficient (Wildman–Crippen LogP) is 4.94. The summed E-state index contributed by atoms with van der Waals surface area (Å²) in [7, 11) is 0.